The third-order valence-corrected chi connectivity index (χ3v) is 5.16. The largest absolute Gasteiger partial charge is 0.356 e. The number of rotatable bonds is 19. The van der Waals surface area contributed by atoms with Gasteiger partial charge in [0.15, 0.2) is 12.1 Å². The second-order valence-electron chi connectivity index (χ2n) is 7.42. The molecular weight excluding hydrogens is 372 g/mol. The van der Waals surface area contributed by atoms with Gasteiger partial charge < -0.3 is 9.47 Å². The first kappa shape index (κ1) is 27.2. The van der Waals surface area contributed by atoms with Crippen LogP contribution in [0.5, 0.6) is 0 Å². The highest BCUT2D eigenvalue weighted by Crippen LogP contribution is 2.25. The molecule has 0 aliphatic carbocycles. The molecule has 0 heterocycles. The number of methoxy groups -OCH3 is 2. The number of hydrogen-bond donors (Lipinski definition) is 0. The van der Waals surface area contributed by atoms with Gasteiger partial charge in [-0.3, -0.25) is 14.9 Å². The van der Waals surface area contributed by atoms with Crippen LogP contribution < -0.4 is 0 Å². The summed E-state index contributed by atoms with van der Waals surface area (Å²) in [6.07, 6.45) is 11.8. The van der Waals surface area contributed by atoms with Gasteiger partial charge in [-0.15, -0.1) is 0 Å². The van der Waals surface area contributed by atoms with E-state index in [4.69, 9.17) is 14.7 Å². The zero-order valence-corrected chi connectivity index (χ0v) is 18.3. The normalized spacial score (nSPS) is 13.5. The van der Waals surface area contributed by atoms with Crippen molar-refractivity contribution in [3.05, 3.63) is 22.3 Å². The number of allylic oxidation sites excluding steroid dienone is 2. The summed E-state index contributed by atoms with van der Waals surface area (Å²) in [6, 6.07) is 1.34. The maximum Gasteiger partial charge on any atom is 0.221 e. The van der Waals surface area contributed by atoms with Crippen LogP contribution in [0.15, 0.2) is 12.2 Å². The number of nitro groups is 1. The smallest absolute Gasteiger partial charge is 0.221 e. The molecule has 0 aliphatic heterocycles. The van der Waals surface area contributed by atoms with Gasteiger partial charge in [-0.25, -0.2) is 0 Å². The molecule has 0 aromatic rings. The Hall–Kier alpha value is -1.78. The molecule has 0 N–H and O–H groups in total. The van der Waals surface area contributed by atoms with Crippen LogP contribution in [0, 0.1) is 27.4 Å². The highest BCUT2D eigenvalue weighted by Gasteiger charge is 2.33. The van der Waals surface area contributed by atoms with Crippen molar-refractivity contribution in [2.75, 3.05) is 14.2 Å². The van der Waals surface area contributed by atoms with Gasteiger partial charge in [-0.1, -0.05) is 45.1 Å². The molecule has 0 bridgehead atoms. The molecule has 0 unspecified atom stereocenters. The van der Waals surface area contributed by atoms with Gasteiger partial charge in [0, 0.05) is 37.9 Å². The maximum absolute atomic E-state index is 11.9. The minimum absolute atomic E-state index is 0.0815. The number of nitrogens with zero attached hydrogens (tertiary/aromatic N) is 2. The minimum atomic E-state index is -0.793. The van der Waals surface area contributed by atoms with Gasteiger partial charge in [0.1, 0.15) is 0 Å². The van der Waals surface area contributed by atoms with E-state index in [0.717, 1.165) is 44.9 Å². The number of carbonyl (C=O) groups is 1. The van der Waals surface area contributed by atoms with Crippen LogP contribution in [-0.2, 0) is 14.3 Å². The van der Waals surface area contributed by atoms with Crippen LogP contribution in [-0.4, -0.2) is 37.3 Å². The Kier molecular flexibility index (Phi) is 17.1. The van der Waals surface area contributed by atoms with E-state index >= 15 is 0 Å². The molecule has 0 aliphatic rings. The van der Waals surface area contributed by atoms with E-state index in [0.29, 0.717) is 25.7 Å². The van der Waals surface area contributed by atoms with Crippen LogP contribution in [0.4, 0.5) is 0 Å². The third kappa shape index (κ3) is 13.9. The lowest BCUT2D eigenvalue weighted by Gasteiger charge is -2.23. The predicted molar refractivity (Wildman–Crippen MR) is 113 cm³/mol. The zero-order valence-electron chi connectivity index (χ0n) is 18.3. The SMILES string of the molecule is CCCCCC(=O)/C=C\C[C@H](CCCCCCC#N)[C@@H](CC(OC)OC)[N+](=O)[O-]. The standard InChI is InChI=1S/C22H38N2O5/c1-4-5-9-15-20(25)16-12-14-19(13-10-7-6-8-11-17-23)21(24(26)27)18-22(28-2)29-3/h12,16,19,21-22H,4-11,13-15,18H2,1-3H3/b16-12-/t19-,21+/m0/s1. The zero-order chi connectivity index (χ0) is 21.9. The van der Waals surface area contributed by atoms with Gasteiger partial charge in [-0.05, 0) is 31.8 Å². The fraction of sp³-hybridized carbons (Fsp3) is 0.818. The first-order valence-corrected chi connectivity index (χ1v) is 10.7. The first-order chi connectivity index (χ1) is 14.0. The van der Waals surface area contributed by atoms with Crippen molar-refractivity contribution in [2.45, 2.75) is 96.3 Å². The highest BCUT2D eigenvalue weighted by molar-refractivity contribution is 5.89. The van der Waals surface area contributed by atoms with Crippen LogP contribution in [0.1, 0.15) is 84.0 Å². The number of hydrogen-bond acceptors (Lipinski definition) is 6. The average molecular weight is 411 g/mol. The van der Waals surface area contributed by atoms with Crippen molar-refractivity contribution in [1.29, 1.82) is 5.26 Å². The van der Waals surface area contributed by atoms with Crippen molar-refractivity contribution in [3.8, 4) is 6.07 Å². The monoisotopic (exact) mass is 410 g/mol. The van der Waals surface area contributed by atoms with Crippen LogP contribution in [0.25, 0.3) is 0 Å². The topological polar surface area (TPSA) is 102 Å². The molecule has 7 nitrogen and oxygen atoms in total. The number of ether oxygens (including phenoxy) is 2. The number of ketones is 1. The van der Waals surface area contributed by atoms with E-state index in [1.54, 1.807) is 12.2 Å². The lowest BCUT2D eigenvalue weighted by atomic mass is 9.88. The first-order valence-electron chi connectivity index (χ1n) is 10.7. The van der Waals surface area contributed by atoms with Gasteiger partial charge in [0.25, 0.3) is 0 Å². The van der Waals surface area contributed by atoms with Crippen molar-refractivity contribution in [3.63, 3.8) is 0 Å². The van der Waals surface area contributed by atoms with Gasteiger partial charge in [-0.2, -0.15) is 5.26 Å². The molecule has 0 aromatic heterocycles. The van der Waals surface area contributed by atoms with Crippen LogP contribution in [0.2, 0.25) is 0 Å². The van der Waals surface area contributed by atoms with E-state index in [-0.39, 0.29) is 23.0 Å². The molecular formula is C22H38N2O5. The summed E-state index contributed by atoms with van der Waals surface area (Å²) in [7, 11) is 2.95. The lowest BCUT2D eigenvalue weighted by Crippen LogP contribution is -2.34. The highest BCUT2D eigenvalue weighted by atomic mass is 16.7. The van der Waals surface area contributed by atoms with Gasteiger partial charge in [0.05, 0.1) is 12.5 Å². The predicted octanol–water partition coefficient (Wildman–Crippen LogP) is 5.22. The molecule has 0 aromatic carbocycles. The Morgan fingerprint density at radius 2 is 1.83 bits per heavy atom. The molecule has 7 heteroatoms. The third-order valence-electron chi connectivity index (χ3n) is 5.16. The molecule has 166 valence electrons. The van der Waals surface area contributed by atoms with E-state index in [1.165, 1.54) is 14.2 Å². The Bertz CT molecular complexity index is 512. The average Bonchev–Trinajstić information content (AvgIpc) is 2.70. The summed E-state index contributed by atoms with van der Waals surface area (Å²) >= 11 is 0. The number of nitriles is 1. The fourth-order valence-corrected chi connectivity index (χ4v) is 3.37. The number of carbonyl (C=O) groups excluding carboxylic acids is 1. The second-order valence-corrected chi connectivity index (χ2v) is 7.42. The minimum Gasteiger partial charge on any atom is -0.356 e. The molecule has 0 radical (unpaired) electrons. The van der Waals surface area contributed by atoms with Crippen molar-refractivity contribution >= 4 is 5.78 Å². The molecule has 0 fully saturated rings. The lowest BCUT2D eigenvalue weighted by molar-refractivity contribution is -0.537. The summed E-state index contributed by atoms with van der Waals surface area (Å²) < 4.78 is 10.3. The van der Waals surface area contributed by atoms with Crippen LogP contribution in [0.3, 0.4) is 0 Å². The molecule has 0 saturated carbocycles. The fourth-order valence-electron chi connectivity index (χ4n) is 3.37. The summed E-state index contributed by atoms with van der Waals surface area (Å²) in [5.41, 5.74) is 0. The quantitative estimate of drug-likeness (QED) is 0.0951. The van der Waals surface area contributed by atoms with Crippen molar-refractivity contribution < 1.29 is 19.2 Å². The summed E-state index contributed by atoms with van der Waals surface area (Å²) in [6.45, 7) is 2.09. The Morgan fingerprint density at radius 3 is 2.41 bits per heavy atom. The molecule has 29 heavy (non-hydrogen) atoms. The Balaban J connectivity index is 4.89. The van der Waals surface area contributed by atoms with E-state index in [2.05, 4.69) is 13.0 Å². The summed E-state index contributed by atoms with van der Waals surface area (Å²) in [4.78, 5) is 23.4. The van der Waals surface area contributed by atoms with Crippen LogP contribution >= 0.6 is 0 Å². The van der Waals surface area contributed by atoms with Gasteiger partial charge in [0.2, 0.25) is 6.04 Å². The van der Waals surface area contributed by atoms with E-state index in [1.807, 2.05) is 0 Å². The Morgan fingerprint density at radius 1 is 1.14 bits per heavy atom. The molecule has 0 rings (SSSR count). The Labute approximate surface area is 175 Å². The molecule has 0 spiro atoms. The second kappa shape index (κ2) is 18.3. The van der Waals surface area contributed by atoms with Crippen molar-refractivity contribution in [1.82, 2.24) is 0 Å². The molecule has 0 saturated heterocycles. The summed E-state index contributed by atoms with van der Waals surface area (Å²) in [5.74, 6) is -0.105. The van der Waals surface area contributed by atoms with E-state index in [9.17, 15) is 14.9 Å². The van der Waals surface area contributed by atoms with Gasteiger partial charge >= 0.3 is 0 Å². The van der Waals surface area contributed by atoms with Crippen molar-refractivity contribution in [2.24, 2.45) is 5.92 Å². The summed E-state index contributed by atoms with van der Waals surface area (Å²) in [5, 5.41) is 20.3. The number of unbranched alkanes of at least 4 members (excludes halogenated alkanes) is 6. The van der Waals surface area contributed by atoms with E-state index < -0.39 is 12.3 Å². The molecule has 2 atom stereocenters. The molecule has 0 amide bonds. The maximum atomic E-state index is 11.9.